The first-order valence-electron chi connectivity index (χ1n) is 9.88. The zero-order valence-electron chi connectivity index (χ0n) is 17.2. The molecule has 1 aliphatic heterocycles. The lowest BCUT2D eigenvalue weighted by Gasteiger charge is -2.33. The van der Waals surface area contributed by atoms with E-state index in [9.17, 15) is 13.2 Å². The fourth-order valence-corrected chi connectivity index (χ4v) is 4.86. The maximum atomic E-state index is 12.8. The summed E-state index contributed by atoms with van der Waals surface area (Å²) in [6, 6.07) is 16.5. The van der Waals surface area contributed by atoms with Crippen molar-refractivity contribution in [2.75, 3.05) is 32.7 Å². The van der Waals surface area contributed by atoms with E-state index in [0.29, 0.717) is 26.2 Å². The summed E-state index contributed by atoms with van der Waals surface area (Å²) in [7, 11) is -3.52. The number of halogens is 1. The lowest BCUT2D eigenvalue weighted by molar-refractivity contribution is -0.122. The topological polar surface area (TPSA) is 82.1 Å². The molecule has 0 aromatic heterocycles. The summed E-state index contributed by atoms with van der Waals surface area (Å²) in [5.74, 6) is -0.229. The number of carbonyl (C=O) groups excluding carboxylic acids is 1. The second kappa shape index (κ2) is 10.8. The van der Waals surface area contributed by atoms with Crippen LogP contribution in [0, 0.1) is 0 Å². The van der Waals surface area contributed by atoms with Crippen LogP contribution in [0.15, 0.2) is 74.6 Å². The molecule has 7 nitrogen and oxygen atoms in total. The van der Waals surface area contributed by atoms with E-state index >= 15 is 0 Å². The van der Waals surface area contributed by atoms with E-state index in [2.05, 4.69) is 26.5 Å². The van der Waals surface area contributed by atoms with Crippen molar-refractivity contribution >= 4 is 44.2 Å². The molecule has 0 saturated carbocycles. The van der Waals surface area contributed by atoms with Crippen LogP contribution in [-0.4, -0.2) is 62.5 Å². The second-order valence-electron chi connectivity index (χ2n) is 7.23. The molecule has 0 radical (unpaired) electrons. The van der Waals surface area contributed by atoms with Crippen LogP contribution >= 0.6 is 15.9 Å². The first-order valence-corrected chi connectivity index (χ1v) is 12.1. The lowest BCUT2D eigenvalue weighted by Crippen LogP contribution is -2.50. The Bertz CT molecular complexity index is 1050. The third kappa shape index (κ3) is 6.83. The van der Waals surface area contributed by atoms with Crippen LogP contribution in [0.2, 0.25) is 0 Å². The van der Waals surface area contributed by atoms with Crippen LogP contribution in [0.4, 0.5) is 0 Å². The molecule has 1 amide bonds. The van der Waals surface area contributed by atoms with Crippen molar-refractivity contribution in [2.45, 2.75) is 11.8 Å². The van der Waals surface area contributed by atoms with Crippen molar-refractivity contribution in [3.8, 4) is 0 Å². The number of amides is 1. The summed E-state index contributed by atoms with van der Waals surface area (Å²) in [6.07, 6.45) is 3.58. The average molecular weight is 505 g/mol. The minimum atomic E-state index is -3.52. The molecule has 1 aliphatic rings. The van der Waals surface area contributed by atoms with Crippen LogP contribution in [0.3, 0.4) is 0 Å². The molecule has 1 N–H and O–H groups in total. The quantitative estimate of drug-likeness (QED) is 0.464. The number of hydrogen-bond donors (Lipinski definition) is 1. The van der Waals surface area contributed by atoms with Gasteiger partial charge in [0.1, 0.15) is 0 Å². The van der Waals surface area contributed by atoms with E-state index in [4.69, 9.17) is 0 Å². The smallest absolute Gasteiger partial charge is 0.254 e. The third-order valence-corrected chi connectivity index (χ3v) is 7.24. The third-order valence-electron chi connectivity index (χ3n) is 4.80. The number of carbonyl (C=O) groups is 1. The zero-order valence-corrected chi connectivity index (χ0v) is 19.6. The van der Waals surface area contributed by atoms with Gasteiger partial charge in [-0.05, 0) is 42.3 Å². The molecule has 3 rings (SSSR count). The van der Waals surface area contributed by atoms with Gasteiger partial charge in [0.15, 0.2) is 0 Å². The number of benzene rings is 2. The minimum Gasteiger partial charge on any atom is -0.292 e. The van der Waals surface area contributed by atoms with Crippen LogP contribution in [0.5, 0.6) is 0 Å². The van der Waals surface area contributed by atoms with Gasteiger partial charge in [0.25, 0.3) is 5.91 Å². The van der Waals surface area contributed by atoms with Crippen molar-refractivity contribution in [3.05, 3.63) is 70.2 Å². The Balaban J connectivity index is 1.45. The summed E-state index contributed by atoms with van der Waals surface area (Å²) in [6.45, 7) is 3.74. The summed E-state index contributed by atoms with van der Waals surface area (Å²) >= 11 is 3.31. The molecule has 0 atom stereocenters. The molecule has 1 heterocycles. The number of piperazine rings is 1. The van der Waals surface area contributed by atoms with Gasteiger partial charge in [0.2, 0.25) is 10.0 Å². The molecule has 2 aromatic rings. The van der Waals surface area contributed by atoms with E-state index in [1.54, 1.807) is 30.5 Å². The van der Waals surface area contributed by atoms with Gasteiger partial charge in [-0.3, -0.25) is 9.69 Å². The Kier molecular flexibility index (Phi) is 8.14. The molecule has 2 aromatic carbocycles. The average Bonchev–Trinajstić information content (AvgIpc) is 2.75. The van der Waals surface area contributed by atoms with E-state index < -0.39 is 10.0 Å². The Morgan fingerprint density at radius 1 is 1.06 bits per heavy atom. The lowest BCUT2D eigenvalue weighted by atomic mass is 10.1. The van der Waals surface area contributed by atoms with Crippen molar-refractivity contribution in [1.82, 2.24) is 14.6 Å². The highest BCUT2D eigenvalue weighted by molar-refractivity contribution is 9.10. The first kappa shape index (κ1) is 23.3. The zero-order chi connectivity index (χ0) is 22.3. The number of hydrogen-bond acceptors (Lipinski definition) is 5. The summed E-state index contributed by atoms with van der Waals surface area (Å²) in [5.41, 5.74) is 4.51. The predicted molar refractivity (Wildman–Crippen MR) is 126 cm³/mol. The van der Waals surface area contributed by atoms with Gasteiger partial charge in [-0.1, -0.05) is 52.3 Å². The monoisotopic (exact) mass is 504 g/mol. The molecule has 1 fully saturated rings. The van der Waals surface area contributed by atoms with Crippen molar-refractivity contribution in [3.63, 3.8) is 0 Å². The molecule has 1 saturated heterocycles. The van der Waals surface area contributed by atoms with Crippen molar-refractivity contribution < 1.29 is 13.2 Å². The van der Waals surface area contributed by atoms with Gasteiger partial charge in [-0.2, -0.15) is 9.41 Å². The largest absolute Gasteiger partial charge is 0.292 e. The number of rotatable bonds is 7. The predicted octanol–water partition coefficient (Wildman–Crippen LogP) is 2.96. The summed E-state index contributed by atoms with van der Waals surface area (Å²) < 4.78 is 27.8. The van der Waals surface area contributed by atoms with Crippen LogP contribution in [-0.2, 0) is 14.8 Å². The number of nitrogens with zero attached hydrogens (tertiary/aromatic N) is 3. The van der Waals surface area contributed by atoms with Crippen LogP contribution in [0.1, 0.15) is 12.5 Å². The first-order chi connectivity index (χ1) is 14.8. The van der Waals surface area contributed by atoms with E-state index in [0.717, 1.165) is 15.6 Å². The Morgan fingerprint density at radius 2 is 1.71 bits per heavy atom. The number of hydrazone groups is 1. The fourth-order valence-electron chi connectivity index (χ4n) is 3.18. The fraction of sp³-hybridized carbons (Fsp3) is 0.273. The summed E-state index contributed by atoms with van der Waals surface area (Å²) in [4.78, 5) is 14.4. The number of allylic oxidation sites excluding steroid dienone is 1. The highest BCUT2D eigenvalue weighted by atomic mass is 79.9. The maximum Gasteiger partial charge on any atom is 0.254 e. The van der Waals surface area contributed by atoms with E-state index in [1.807, 2.05) is 48.2 Å². The van der Waals surface area contributed by atoms with Crippen molar-refractivity contribution in [1.29, 1.82) is 0 Å². The van der Waals surface area contributed by atoms with Gasteiger partial charge in [-0.25, -0.2) is 13.8 Å². The molecular weight excluding hydrogens is 480 g/mol. The van der Waals surface area contributed by atoms with Gasteiger partial charge in [-0.15, -0.1) is 0 Å². The standard InChI is InChI=1S/C22H25BrN4O3S/c1-18(15-19-5-3-2-4-6-19)16-24-25-22(28)17-26-11-13-27(14-12-26)31(29,30)21-9-7-20(23)8-10-21/h2-10,15-16H,11-14,17H2,1H3,(H,25,28)/b18-15+,24-16+. The van der Waals surface area contributed by atoms with Crippen molar-refractivity contribution in [2.24, 2.45) is 5.10 Å². The molecule has 9 heteroatoms. The molecule has 0 bridgehead atoms. The number of nitrogens with one attached hydrogen (secondary N) is 1. The van der Waals surface area contributed by atoms with Crippen LogP contribution < -0.4 is 5.43 Å². The van der Waals surface area contributed by atoms with E-state index in [-0.39, 0.29) is 17.3 Å². The molecule has 0 aliphatic carbocycles. The van der Waals surface area contributed by atoms with Gasteiger partial charge < -0.3 is 0 Å². The molecule has 164 valence electrons. The molecular formula is C22H25BrN4O3S. The Morgan fingerprint density at radius 3 is 2.35 bits per heavy atom. The number of sulfonamides is 1. The maximum absolute atomic E-state index is 12.8. The Hall–Kier alpha value is -2.33. The molecule has 31 heavy (non-hydrogen) atoms. The van der Waals surface area contributed by atoms with E-state index in [1.165, 1.54) is 4.31 Å². The second-order valence-corrected chi connectivity index (χ2v) is 10.1. The van der Waals surface area contributed by atoms with Gasteiger partial charge >= 0.3 is 0 Å². The van der Waals surface area contributed by atoms with Crippen LogP contribution in [0.25, 0.3) is 6.08 Å². The molecule has 0 spiro atoms. The highest BCUT2D eigenvalue weighted by Gasteiger charge is 2.28. The Labute approximate surface area is 191 Å². The van der Waals surface area contributed by atoms with Gasteiger partial charge in [0, 0.05) is 30.7 Å². The van der Waals surface area contributed by atoms with Gasteiger partial charge in [0.05, 0.1) is 17.7 Å². The highest BCUT2D eigenvalue weighted by Crippen LogP contribution is 2.20. The molecule has 0 unspecified atom stereocenters. The SMILES string of the molecule is CC(/C=N/NC(=O)CN1CCN(S(=O)(=O)c2ccc(Br)cc2)CC1)=C\c1ccccc1. The summed E-state index contributed by atoms with van der Waals surface area (Å²) in [5, 5.41) is 4.00. The minimum absolute atomic E-state index is 0.172. The normalized spacial score (nSPS) is 16.5.